The molecule has 0 bridgehead atoms. The van der Waals surface area contributed by atoms with E-state index in [2.05, 4.69) is 0 Å². The molecule has 2 aromatic rings. The molecule has 4 nitrogen and oxygen atoms in total. The standard InChI is InChI=1S/C14H11NO3/c16-12(11-8-4-5-9-15(11)17)14-13(18-14)10-6-2-1-3-7-10/h1-9,13-14H/t13-,14-/m0/s1. The molecule has 0 radical (unpaired) electrons. The summed E-state index contributed by atoms with van der Waals surface area (Å²) in [5.41, 5.74) is 1.09. The molecule has 0 amide bonds. The predicted octanol–water partition coefficient (Wildman–Crippen LogP) is 1.64. The zero-order valence-corrected chi connectivity index (χ0v) is 9.52. The van der Waals surface area contributed by atoms with Crippen LogP contribution in [0.25, 0.3) is 0 Å². The van der Waals surface area contributed by atoms with Crippen molar-refractivity contribution in [1.29, 1.82) is 0 Å². The van der Waals surface area contributed by atoms with Crippen LogP contribution in [0.3, 0.4) is 0 Å². The lowest BCUT2D eigenvalue weighted by atomic mass is 10.1. The van der Waals surface area contributed by atoms with Crippen LogP contribution in [0.2, 0.25) is 0 Å². The van der Waals surface area contributed by atoms with Gasteiger partial charge in [-0.15, -0.1) is 0 Å². The molecular weight excluding hydrogens is 230 g/mol. The molecule has 0 saturated carbocycles. The number of hydrogen-bond donors (Lipinski definition) is 0. The first kappa shape index (κ1) is 10.9. The summed E-state index contributed by atoms with van der Waals surface area (Å²) in [4.78, 5) is 12.1. The highest BCUT2D eigenvalue weighted by atomic mass is 16.6. The van der Waals surface area contributed by atoms with Crippen molar-refractivity contribution in [3.05, 3.63) is 71.2 Å². The summed E-state index contributed by atoms with van der Waals surface area (Å²) in [5, 5.41) is 11.5. The molecule has 0 aliphatic carbocycles. The number of carbonyl (C=O) groups is 1. The number of hydrogen-bond acceptors (Lipinski definition) is 3. The molecule has 1 aliphatic rings. The molecule has 90 valence electrons. The van der Waals surface area contributed by atoms with E-state index in [1.54, 1.807) is 12.1 Å². The summed E-state index contributed by atoms with van der Waals surface area (Å²) < 4.78 is 5.95. The SMILES string of the molecule is O=C(c1cccc[n+]1[O-])[C@@H]1O[C@H]1c1ccccc1. The highest BCUT2D eigenvalue weighted by Crippen LogP contribution is 2.39. The number of nitrogens with zero attached hydrogens (tertiary/aromatic N) is 1. The van der Waals surface area contributed by atoms with E-state index in [0.29, 0.717) is 4.73 Å². The number of pyridine rings is 1. The minimum absolute atomic E-state index is 0.126. The molecular formula is C14H11NO3. The lowest BCUT2D eigenvalue weighted by Gasteiger charge is -2.00. The van der Waals surface area contributed by atoms with Crippen LogP contribution < -0.4 is 4.73 Å². The Morgan fingerprint density at radius 1 is 1.11 bits per heavy atom. The highest BCUT2D eigenvalue weighted by molar-refractivity contribution is 5.98. The second-order valence-corrected chi connectivity index (χ2v) is 4.16. The first-order valence-corrected chi connectivity index (χ1v) is 5.70. The Labute approximate surface area is 104 Å². The molecule has 1 saturated heterocycles. The molecule has 4 heteroatoms. The largest absolute Gasteiger partial charge is 0.618 e. The molecule has 0 unspecified atom stereocenters. The molecule has 1 aliphatic heterocycles. The quantitative estimate of drug-likeness (QED) is 0.355. The number of benzene rings is 1. The van der Waals surface area contributed by atoms with Gasteiger partial charge in [-0.05, 0) is 11.6 Å². The molecule has 2 atom stereocenters. The van der Waals surface area contributed by atoms with Gasteiger partial charge in [0, 0.05) is 12.1 Å². The second kappa shape index (κ2) is 4.23. The van der Waals surface area contributed by atoms with E-state index in [0.717, 1.165) is 5.56 Å². The lowest BCUT2D eigenvalue weighted by molar-refractivity contribution is -0.607. The van der Waals surface area contributed by atoms with Gasteiger partial charge in [-0.2, -0.15) is 4.73 Å². The molecule has 1 aromatic heterocycles. The topological polar surface area (TPSA) is 56.5 Å². The number of aromatic nitrogens is 1. The number of carbonyl (C=O) groups excluding carboxylic acids is 1. The van der Waals surface area contributed by atoms with Gasteiger partial charge in [-0.25, -0.2) is 0 Å². The fourth-order valence-corrected chi connectivity index (χ4v) is 1.97. The monoisotopic (exact) mass is 241 g/mol. The van der Waals surface area contributed by atoms with Crippen LogP contribution in [0.15, 0.2) is 54.7 Å². The van der Waals surface area contributed by atoms with E-state index < -0.39 is 6.10 Å². The van der Waals surface area contributed by atoms with Crippen LogP contribution in [0, 0.1) is 5.21 Å². The maximum Gasteiger partial charge on any atom is 0.262 e. The number of rotatable bonds is 3. The van der Waals surface area contributed by atoms with Crippen LogP contribution >= 0.6 is 0 Å². The van der Waals surface area contributed by atoms with Crippen molar-refractivity contribution in [1.82, 2.24) is 0 Å². The Balaban J connectivity index is 1.80. The smallest absolute Gasteiger partial charge is 0.262 e. The summed E-state index contributed by atoms with van der Waals surface area (Å²) >= 11 is 0. The van der Waals surface area contributed by atoms with E-state index in [4.69, 9.17) is 4.74 Å². The number of epoxide rings is 1. The molecule has 2 heterocycles. The Morgan fingerprint density at radius 3 is 2.56 bits per heavy atom. The van der Waals surface area contributed by atoms with Gasteiger partial charge in [-0.3, -0.25) is 4.79 Å². The summed E-state index contributed by atoms with van der Waals surface area (Å²) in [6.45, 7) is 0. The lowest BCUT2D eigenvalue weighted by Crippen LogP contribution is -2.35. The van der Waals surface area contributed by atoms with Crippen molar-refractivity contribution >= 4 is 5.78 Å². The average molecular weight is 241 g/mol. The van der Waals surface area contributed by atoms with E-state index in [1.165, 1.54) is 12.3 Å². The molecule has 1 fully saturated rings. The normalized spacial score (nSPS) is 21.6. The Bertz CT molecular complexity index is 583. The van der Waals surface area contributed by atoms with Gasteiger partial charge in [0.25, 0.3) is 11.5 Å². The summed E-state index contributed by atoms with van der Waals surface area (Å²) in [5.74, 6) is -0.264. The fraction of sp³-hybridized carbons (Fsp3) is 0.143. The van der Waals surface area contributed by atoms with Crippen molar-refractivity contribution in [2.24, 2.45) is 0 Å². The van der Waals surface area contributed by atoms with Crippen molar-refractivity contribution in [2.75, 3.05) is 0 Å². The minimum Gasteiger partial charge on any atom is -0.618 e. The maximum absolute atomic E-state index is 12.1. The average Bonchev–Trinajstić information content (AvgIpc) is 3.20. The summed E-state index contributed by atoms with van der Waals surface area (Å²) in [7, 11) is 0. The summed E-state index contributed by atoms with van der Waals surface area (Å²) in [6.07, 6.45) is 0.557. The van der Waals surface area contributed by atoms with Gasteiger partial charge in [0.2, 0.25) is 0 Å². The first-order chi connectivity index (χ1) is 8.77. The molecule has 0 N–H and O–H groups in total. The van der Waals surface area contributed by atoms with Crippen LogP contribution in [-0.4, -0.2) is 11.9 Å². The van der Waals surface area contributed by atoms with Gasteiger partial charge in [0.1, 0.15) is 6.10 Å². The Kier molecular flexibility index (Phi) is 2.57. The predicted molar refractivity (Wildman–Crippen MR) is 63.8 cm³/mol. The van der Waals surface area contributed by atoms with Crippen LogP contribution in [0.5, 0.6) is 0 Å². The Morgan fingerprint density at radius 2 is 1.83 bits per heavy atom. The van der Waals surface area contributed by atoms with Gasteiger partial charge in [0.15, 0.2) is 12.3 Å². The number of Topliss-reactive ketones (excluding diaryl/α,β-unsaturated/α-hetero) is 1. The van der Waals surface area contributed by atoms with Gasteiger partial charge >= 0.3 is 0 Å². The van der Waals surface area contributed by atoms with Crippen LogP contribution in [-0.2, 0) is 4.74 Å². The van der Waals surface area contributed by atoms with Crippen molar-refractivity contribution in [3.8, 4) is 0 Å². The van der Waals surface area contributed by atoms with E-state index >= 15 is 0 Å². The van der Waals surface area contributed by atoms with Crippen molar-refractivity contribution in [3.63, 3.8) is 0 Å². The third-order valence-electron chi connectivity index (χ3n) is 2.95. The van der Waals surface area contributed by atoms with Gasteiger partial charge < -0.3 is 9.94 Å². The van der Waals surface area contributed by atoms with Crippen molar-refractivity contribution in [2.45, 2.75) is 12.2 Å². The fourth-order valence-electron chi connectivity index (χ4n) is 1.97. The zero-order chi connectivity index (χ0) is 12.5. The van der Waals surface area contributed by atoms with Crippen molar-refractivity contribution < 1.29 is 14.3 Å². The van der Waals surface area contributed by atoms with E-state index in [9.17, 15) is 10.0 Å². The molecule has 0 spiro atoms. The van der Waals surface area contributed by atoms with E-state index in [1.807, 2.05) is 30.3 Å². The summed E-state index contributed by atoms with van der Waals surface area (Å²) in [6, 6.07) is 14.3. The molecule has 1 aromatic carbocycles. The van der Waals surface area contributed by atoms with Crippen LogP contribution in [0.1, 0.15) is 22.2 Å². The number of ether oxygens (including phenoxy) is 1. The first-order valence-electron chi connectivity index (χ1n) is 5.70. The number of ketones is 1. The molecule has 18 heavy (non-hydrogen) atoms. The highest BCUT2D eigenvalue weighted by Gasteiger charge is 2.48. The maximum atomic E-state index is 12.1. The van der Waals surface area contributed by atoms with E-state index in [-0.39, 0.29) is 17.6 Å². The van der Waals surface area contributed by atoms with Gasteiger partial charge in [0.05, 0.1) is 0 Å². The zero-order valence-electron chi connectivity index (χ0n) is 9.52. The minimum atomic E-state index is -0.532. The molecule has 3 rings (SSSR count). The van der Waals surface area contributed by atoms with Crippen LogP contribution in [0.4, 0.5) is 0 Å². The Hall–Kier alpha value is -2.20. The second-order valence-electron chi connectivity index (χ2n) is 4.16. The van der Waals surface area contributed by atoms with Gasteiger partial charge in [-0.1, -0.05) is 30.3 Å². The third-order valence-corrected chi connectivity index (χ3v) is 2.95. The third kappa shape index (κ3) is 1.87.